The number of hydrogen-bond acceptors (Lipinski definition) is 4. The molecule has 116 valence electrons. The SMILES string of the molecule is CC1=C(n2cccc(N)c2=O)c2cc(C#N)ccc2OC1(C)C. The highest BCUT2D eigenvalue weighted by Crippen LogP contribution is 2.41. The summed E-state index contributed by atoms with van der Waals surface area (Å²) in [6.45, 7) is 5.81. The van der Waals surface area contributed by atoms with Gasteiger partial charge in [-0.3, -0.25) is 9.36 Å². The Morgan fingerprint density at radius 3 is 2.74 bits per heavy atom. The van der Waals surface area contributed by atoms with Gasteiger partial charge in [0.25, 0.3) is 5.56 Å². The van der Waals surface area contributed by atoms with Crippen molar-refractivity contribution in [3.8, 4) is 11.8 Å². The number of benzene rings is 1. The minimum Gasteiger partial charge on any atom is -0.483 e. The lowest BCUT2D eigenvalue weighted by atomic mass is 9.90. The van der Waals surface area contributed by atoms with E-state index < -0.39 is 5.60 Å². The number of nitrogen functional groups attached to an aromatic ring is 1. The van der Waals surface area contributed by atoms with Crippen LogP contribution in [-0.2, 0) is 0 Å². The molecule has 0 saturated carbocycles. The molecule has 0 spiro atoms. The number of aromatic nitrogens is 1. The summed E-state index contributed by atoms with van der Waals surface area (Å²) in [7, 11) is 0. The Morgan fingerprint density at radius 1 is 1.30 bits per heavy atom. The number of fused-ring (bicyclic) bond motifs is 1. The zero-order valence-corrected chi connectivity index (χ0v) is 13.3. The molecular formula is C18H17N3O2. The molecule has 0 saturated heterocycles. The predicted octanol–water partition coefficient (Wildman–Crippen LogP) is 2.75. The fourth-order valence-corrected chi connectivity index (χ4v) is 2.71. The maximum atomic E-state index is 12.5. The van der Waals surface area contributed by atoms with Crippen molar-refractivity contribution in [1.82, 2.24) is 4.57 Å². The van der Waals surface area contributed by atoms with Crippen molar-refractivity contribution < 1.29 is 4.74 Å². The highest BCUT2D eigenvalue weighted by atomic mass is 16.5. The molecule has 1 aliphatic rings. The van der Waals surface area contributed by atoms with Crippen molar-refractivity contribution in [2.24, 2.45) is 0 Å². The van der Waals surface area contributed by atoms with Gasteiger partial charge in [0.2, 0.25) is 0 Å². The Balaban J connectivity index is 2.39. The summed E-state index contributed by atoms with van der Waals surface area (Å²) < 4.78 is 7.56. The standard InChI is InChI=1S/C18H17N3O2/c1-11-16(21-8-4-5-14(20)17(21)22)13-9-12(10-19)6-7-15(13)23-18(11,2)3/h4-9H,20H2,1-3H3. The molecule has 0 unspecified atom stereocenters. The Kier molecular flexibility index (Phi) is 3.26. The number of hydrogen-bond donors (Lipinski definition) is 1. The fourth-order valence-electron chi connectivity index (χ4n) is 2.71. The molecule has 0 radical (unpaired) electrons. The molecule has 1 aliphatic heterocycles. The quantitative estimate of drug-likeness (QED) is 0.878. The van der Waals surface area contributed by atoms with Gasteiger partial charge in [0.05, 0.1) is 23.0 Å². The van der Waals surface area contributed by atoms with Gasteiger partial charge in [-0.2, -0.15) is 5.26 Å². The second-order valence-corrected chi connectivity index (χ2v) is 6.05. The van der Waals surface area contributed by atoms with Gasteiger partial charge < -0.3 is 10.5 Å². The smallest absolute Gasteiger partial charge is 0.278 e. The van der Waals surface area contributed by atoms with Crippen molar-refractivity contribution in [3.05, 3.63) is 63.6 Å². The van der Waals surface area contributed by atoms with Gasteiger partial charge in [0.1, 0.15) is 11.4 Å². The van der Waals surface area contributed by atoms with E-state index in [1.54, 1.807) is 36.5 Å². The fraction of sp³-hybridized carbons (Fsp3) is 0.222. The van der Waals surface area contributed by atoms with Crippen LogP contribution in [0.3, 0.4) is 0 Å². The molecule has 2 aromatic rings. The Labute approximate surface area is 134 Å². The summed E-state index contributed by atoms with van der Waals surface area (Å²) in [6, 6.07) is 10.6. The molecule has 0 atom stereocenters. The first kappa shape index (κ1) is 14.9. The van der Waals surface area contributed by atoms with Gasteiger partial charge in [-0.25, -0.2) is 0 Å². The normalized spacial score (nSPS) is 15.6. The molecule has 23 heavy (non-hydrogen) atoms. The number of ether oxygens (including phenoxy) is 1. The average molecular weight is 307 g/mol. The van der Waals surface area contributed by atoms with E-state index in [0.717, 1.165) is 5.57 Å². The van der Waals surface area contributed by atoms with Crippen molar-refractivity contribution >= 4 is 11.4 Å². The van der Waals surface area contributed by atoms with Crippen molar-refractivity contribution in [3.63, 3.8) is 0 Å². The van der Waals surface area contributed by atoms with E-state index in [-0.39, 0.29) is 11.2 Å². The van der Waals surface area contributed by atoms with E-state index >= 15 is 0 Å². The minimum absolute atomic E-state index is 0.176. The molecule has 2 N–H and O–H groups in total. The maximum absolute atomic E-state index is 12.5. The van der Waals surface area contributed by atoms with Crippen molar-refractivity contribution in [2.45, 2.75) is 26.4 Å². The van der Waals surface area contributed by atoms with Crippen LogP contribution in [0.1, 0.15) is 31.9 Å². The van der Waals surface area contributed by atoms with Crippen LogP contribution in [-0.4, -0.2) is 10.2 Å². The summed E-state index contributed by atoms with van der Waals surface area (Å²) in [5.41, 5.74) is 7.93. The lowest BCUT2D eigenvalue weighted by Crippen LogP contribution is -2.36. The van der Waals surface area contributed by atoms with Crippen LogP contribution < -0.4 is 16.0 Å². The molecule has 0 aliphatic carbocycles. The molecule has 0 fully saturated rings. The number of nitrogens with zero attached hydrogens (tertiary/aromatic N) is 2. The van der Waals surface area contributed by atoms with Gasteiger partial charge in [0.15, 0.2) is 0 Å². The molecule has 0 bridgehead atoms. The number of pyridine rings is 1. The molecular weight excluding hydrogens is 290 g/mol. The zero-order valence-electron chi connectivity index (χ0n) is 13.3. The minimum atomic E-state index is -0.569. The summed E-state index contributed by atoms with van der Waals surface area (Å²) in [5, 5.41) is 9.17. The molecule has 1 aromatic carbocycles. The largest absolute Gasteiger partial charge is 0.483 e. The van der Waals surface area contributed by atoms with E-state index in [1.165, 1.54) is 4.57 Å². The Morgan fingerprint density at radius 2 is 2.04 bits per heavy atom. The third-order valence-corrected chi connectivity index (χ3v) is 4.20. The topological polar surface area (TPSA) is 81.0 Å². The second-order valence-electron chi connectivity index (χ2n) is 6.05. The van der Waals surface area contributed by atoms with E-state index in [9.17, 15) is 4.79 Å². The van der Waals surface area contributed by atoms with Gasteiger partial charge >= 0.3 is 0 Å². The van der Waals surface area contributed by atoms with Gasteiger partial charge in [-0.15, -0.1) is 0 Å². The first-order valence-corrected chi connectivity index (χ1v) is 7.27. The first-order chi connectivity index (χ1) is 10.8. The number of rotatable bonds is 1. The van der Waals surface area contributed by atoms with Gasteiger partial charge in [-0.05, 0) is 56.7 Å². The lowest BCUT2D eigenvalue weighted by molar-refractivity contribution is 0.143. The van der Waals surface area contributed by atoms with Crippen LogP contribution in [0.25, 0.3) is 5.70 Å². The molecule has 5 heteroatoms. The van der Waals surface area contributed by atoms with Crippen LogP contribution in [0.5, 0.6) is 5.75 Å². The number of nitrogens with two attached hydrogens (primary N) is 1. The molecule has 3 rings (SSSR count). The summed E-state index contributed by atoms with van der Waals surface area (Å²) in [6.07, 6.45) is 1.68. The van der Waals surface area contributed by atoms with Crippen LogP contribution in [0.2, 0.25) is 0 Å². The third-order valence-electron chi connectivity index (χ3n) is 4.20. The van der Waals surface area contributed by atoms with E-state index in [4.69, 9.17) is 15.7 Å². The number of anilines is 1. The van der Waals surface area contributed by atoms with Crippen LogP contribution >= 0.6 is 0 Å². The highest BCUT2D eigenvalue weighted by molar-refractivity contribution is 5.77. The predicted molar refractivity (Wildman–Crippen MR) is 89.0 cm³/mol. The van der Waals surface area contributed by atoms with Crippen molar-refractivity contribution in [2.75, 3.05) is 5.73 Å². The first-order valence-electron chi connectivity index (χ1n) is 7.27. The molecule has 0 amide bonds. The van der Waals surface area contributed by atoms with E-state index in [1.807, 2.05) is 20.8 Å². The Hall–Kier alpha value is -3.00. The summed E-state index contributed by atoms with van der Waals surface area (Å²) >= 11 is 0. The zero-order chi connectivity index (χ0) is 16.8. The highest BCUT2D eigenvalue weighted by Gasteiger charge is 2.33. The van der Waals surface area contributed by atoms with Crippen LogP contribution in [0, 0.1) is 11.3 Å². The third kappa shape index (κ3) is 2.29. The summed E-state index contributed by atoms with van der Waals surface area (Å²) in [5.74, 6) is 0.643. The van der Waals surface area contributed by atoms with Crippen molar-refractivity contribution in [1.29, 1.82) is 5.26 Å². The van der Waals surface area contributed by atoms with Crippen LogP contribution in [0.15, 0.2) is 46.9 Å². The Bertz CT molecular complexity index is 930. The van der Waals surface area contributed by atoms with E-state index in [0.29, 0.717) is 22.6 Å². The molecule has 1 aromatic heterocycles. The van der Waals surface area contributed by atoms with Crippen LogP contribution in [0.4, 0.5) is 5.69 Å². The maximum Gasteiger partial charge on any atom is 0.278 e. The van der Waals surface area contributed by atoms with Gasteiger partial charge in [0, 0.05) is 11.8 Å². The second kappa shape index (κ2) is 5.03. The van der Waals surface area contributed by atoms with E-state index in [2.05, 4.69) is 6.07 Å². The average Bonchev–Trinajstić information content (AvgIpc) is 2.51. The molecule has 2 heterocycles. The van der Waals surface area contributed by atoms with Gasteiger partial charge in [-0.1, -0.05) is 0 Å². The lowest BCUT2D eigenvalue weighted by Gasteiger charge is -2.36. The number of nitriles is 1. The monoisotopic (exact) mass is 307 g/mol. The summed E-state index contributed by atoms with van der Waals surface area (Å²) in [4.78, 5) is 12.5. The molecule has 5 nitrogen and oxygen atoms in total.